The van der Waals surface area contributed by atoms with Gasteiger partial charge in [0.2, 0.25) is 5.91 Å². The summed E-state index contributed by atoms with van der Waals surface area (Å²) < 4.78 is 0. The van der Waals surface area contributed by atoms with Gasteiger partial charge >= 0.3 is 0 Å². The Morgan fingerprint density at radius 1 is 1.09 bits per heavy atom. The monoisotopic (exact) mass is 334 g/mol. The van der Waals surface area contributed by atoms with Crippen molar-refractivity contribution in [1.29, 1.82) is 0 Å². The van der Waals surface area contributed by atoms with E-state index in [1.165, 1.54) is 24.8 Å². The first-order valence-electron chi connectivity index (χ1n) is 8.81. The molecule has 3 aliphatic carbocycles. The molecule has 23 heavy (non-hydrogen) atoms. The Balaban J connectivity index is 0.00000156. The van der Waals surface area contributed by atoms with Gasteiger partial charge in [0.25, 0.3) is 0 Å². The number of hydrogen-bond donors (Lipinski definition) is 2. The summed E-state index contributed by atoms with van der Waals surface area (Å²) >= 11 is 0. The van der Waals surface area contributed by atoms with E-state index in [1.54, 1.807) is 0 Å². The van der Waals surface area contributed by atoms with Crippen molar-refractivity contribution in [3.05, 3.63) is 35.9 Å². The van der Waals surface area contributed by atoms with Crippen molar-refractivity contribution in [2.75, 3.05) is 0 Å². The average Bonchev–Trinajstić information content (AvgIpc) is 3.28. The Morgan fingerprint density at radius 2 is 1.70 bits per heavy atom. The molecule has 3 saturated carbocycles. The SMILES string of the molecule is Cl.NC1C2CCCC1CC(C(=O)NC1(c3ccccc3)CC1)C2. The van der Waals surface area contributed by atoms with Crippen molar-refractivity contribution < 1.29 is 4.79 Å². The molecule has 2 atom stereocenters. The molecule has 0 heterocycles. The summed E-state index contributed by atoms with van der Waals surface area (Å²) in [7, 11) is 0. The van der Waals surface area contributed by atoms with Gasteiger partial charge in [0.05, 0.1) is 5.54 Å². The van der Waals surface area contributed by atoms with E-state index in [2.05, 4.69) is 29.6 Å². The van der Waals surface area contributed by atoms with Crippen LogP contribution in [0.25, 0.3) is 0 Å². The summed E-state index contributed by atoms with van der Waals surface area (Å²) in [5.41, 5.74) is 7.53. The summed E-state index contributed by atoms with van der Waals surface area (Å²) in [6.45, 7) is 0. The van der Waals surface area contributed by atoms with E-state index in [4.69, 9.17) is 5.73 Å². The number of carbonyl (C=O) groups is 1. The van der Waals surface area contributed by atoms with Crippen LogP contribution in [-0.2, 0) is 10.3 Å². The lowest BCUT2D eigenvalue weighted by Gasteiger charge is -2.43. The molecule has 3 nitrogen and oxygen atoms in total. The molecule has 0 spiro atoms. The minimum absolute atomic E-state index is 0. The van der Waals surface area contributed by atoms with E-state index >= 15 is 0 Å². The second-order valence-electron chi connectivity index (χ2n) is 7.63. The lowest BCUT2D eigenvalue weighted by atomic mass is 9.65. The van der Waals surface area contributed by atoms with Gasteiger partial charge in [-0.3, -0.25) is 4.79 Å². The van der Waals surface area contributed by atoms with Gasteiger partial charge < -0.3 is 11.1 Å². The van der Waals surface area contributed by atoms with Crippen molar-refractivity contribution in [2.24, 2.45) is 23.5 Å². The normalized spacial score (nSPS) is 34.1. The number of amides is 1. The third kappa shape index (κ3) is 3.14. The molecule has 1 aromatic rings. The quantitative estimate of drug-likeness (QED) is 0.890. The highest BCUT2D eigenvalue weighted by atomic mass is 35.5. The summed E-state index contributed by atoms with van der Waals surface area (Å²) in [5, 5.41) is 3.38. The van der Waals surface area contributed by atoms with E-state index in [9.17, 15) is 4.79 Å². The fraction of sp³-hybridized carbons (Fsp3) is 0.632. The number of halogens is 1. The van der Waals surface area contributed by atoms with E-state index < -0.39 is 0 Å². The molecule has 2 unspecified atom stereocenters. The van der Waals surface area contributed by atoms with Crippen LogP contribution >= 0.6 is 12.4 Å². The van der Waals surface area contributed by atoms with Gasteiger partial charge in [0.1, 0.15) is 0 Å². The standard InChI is InChI=1S/C19H26N2O.ClH/c20-17-13-5-4-6-14(17)12-15(11-13)18(22)21-19(9-10-19)16-7-2-1-3-8-16;/h1-3,7-8,13-15,17H,4-6,9-12,20H2,(H,21,22);1H. The minimum Gasteiger partial charge on any atom is -0.346 e. The zero-order chi connectivity index (χ0) is 15.2. The van der Waals surface area contributed by atoms with Gasteiger partial charge in [-0.25, -0.2) is 0 Å². The van der Waals surface area contributed by atoms with Gasteiger partial charge in [-0.05, 0) is 55.9 Å². The molecule has 3 N–H and O–H groups in total. The van der Waals surface area contributed by atoms with Crippen LogP contribution in [0, 0.1) is 17.8 Å². The molecule has 126 valence electrons. The molecule has 1 amide bonds. The van der Waals surface area contributed by atoms with Crippen molar-refractivity contribution in [2.45, 2.75) is 56.5 Å². The van der Waals surface area contributed by atoms with Crippen LogP contribution in [0.5, 0.6) is 0 Å². The Morgan fingerprint density at radius 3 is 2.26 bits per heavy atom. The predicted molar refractivity (Wildman–Crippen MR) is 94.3 cm³/mol. The van der Waals surface area contributed by atoms with Crippen LogP contribution in [0.2, 0.25) is 0 Å². The Hall–Kier alpha value is -1.06. The number of fused-ring (bicyclic) bond motifs is 2. The Bertz CT molecular complexity index is 544. The molecule has 4 heteroatoms. The Kier molecular flexibility index (Phi) is 4.70. The molecule has 0 saturated heterocycles. The van der Waals surface area contributed by atoms with Crippen molar-refractivity contribution >= 4 is 18.3 Å². The van der Waals surface area contributed by atoms with E-state index in [0.29, 0.717) is 17.9 Å². The number of rotatable bonds is 3. The highest BCUT2D eigenvalue weighted by molar-refractivity contribution is 5.85. The topological polar surface area (TPSA) is 55.1 Å². The molecular weight excluding hydrogens is 308 g/mol. The highest BCUT2D eigenvalue weighted by Gasteiger charge is 2.48. The summed E-state index contributed by atoms with van der Waals surface area (Å²) in [6.07, 6.45) is 7.86. The molecule has 0 aliphatic heterocycles. The first-order chi connectivity index (χ1) is 10.7. The fourth-order valence-corrected chi connectivity index (χ4v) is 4.71. The maximum absolute atomic E-state index is 12.8. The second-order valence-corrected chi connectivity index (χ2v) is 7.63. The minimum atomic E-state index is -0.0764. The van der Waals surface area contributed by atoms with Gasteiger partial charge in [-0.2, -0.15) is 0 Å². The van der Waals surface area contributed by atoms with Crippen LogP contribution in [-0.4, -0.2) is 11.9 Å². The third-order valence-electron chi connectivity index (χ3n) is 6.22. The summed E-state index contributed by atoms with van der Waals surface area (Å²) in [5.74, 6) is 1.58. The number of hydrogen-bond acceptors (Lipinski definition) is 2. The van der Waals surface area contributed by atoms with E-state index in [-0.39, 0.29) is 29.8 Å². The molecule has 3 aliphatic rings. The van der Waals surface area contributed by atoms with Crippen molar-refractivity contribution in [3.63, 3.8) is 0 Å². The van der Waals surface area contributed by atoms with Crippen LogP contribution in [0.3, 0.4) is 0 Å². The summed E-state index contributed by atoms with van der Waals surface area (Å²) in [4.78, 5) is 12.8. The first kappa shape index (κ1) is 16.8. The summed E-state index contributed by atoms with van der Waals surface area (Å²) in [6, 6.07) is 10.8. The lowest BCUT2D eigenvalue weighted by Crippen LogP contribution is -2.50. The third-order valence-corrected chi connectivity index (χ3v) is 6.22. The molecule has 0 radical (unpaired) electrons. The number of nitrogens with two attached hydrogens (primary N) is 1. The molecule has 4 rings (SSSR count). The van der Waals surface area contributed by atoms with E-state index in [1.807, 2.05) is 6.07 Å². The van der Waals surface area contributed by atoms with E-state index in [0.717, 1.165) is 25.7 Å². The maximum Gasteiger partial charge on any atom is 0.223 e. The number of nitrogens with one attached hydrogen (secondary N) is 1. The van der Waals surface area contributed by atoms with Crippen LogP contribution in [0.15, 0.2) is 30.3 Å². The van der Waals surface area contributed by atoms with Gasteiger partial charge in [0, 0.05) is 12.0 Å². The van der Waals surface area contributed by atoms with Gasteiger partial charge in [0.15, 0.2) is 0 Å². The van der Waals surface area contributed by atoms with Crippen LogP contribution < -0.4 is 11.1 Å². The smallest absolute Gasteiger partial charge is 0.223 e. The average molecular weight is 335 g/mol. The molecule has 3 fully saturated rings. The lowest BCUT2D eigenvalue weighted by molar-refractivity contribution is -0.129. The van der Waals surface area contributed by atoms with Crippen molar-refractivity contribution in [1.82, 2.24) is 5.32 Å². The molecule has 2 bridgehead atoms. The number of benzene rings is 1. The fourth-order valence-electron chi connectivity index (χ4n) is 4.71. The van der Waals surface area contributed by atoms with Crippen LogP contribution in [0.4, 0.5) is 0 Å². The first-order valence-corrected chi connectivity index (χ1v) is 8.81. The predicted octanol–water partition coefficient (Wildman–Crippen LogP) is 3.37. The zero-order valence-corrected chi connectivity index (χ0v) is 14.4. The zero-order valence-electron chi connectivity index (χ0n) is 13.5. The Labute approximate surface area is 144 Å². The second kappa shape index (κ2) is 6.45. The maximum atomic E-state index is 12.8. The van der Waals surface area contributed by atoms with Crippen LogP contribution in [0.1, 0.15) is 50.5 Å². The molecular formula is C19H27ClN2O. The number of carbonyl (C=O) groups excluding carboxylic acids is 1. The largest absolute Gasteiger partial charge is 0.346 e. The molecule has 1 aromatic carbocycles. The highest BCUT2D eigenvalue weighted by Crippen LogP contribution is 2.47. The van der Waals surface area contributed by atoms with Gasteiger partial charge in [-0.15, -0.1) is 12.4 Å². The van der Waals surface area contributed by atoms with Gasteiger partial charge in [-0.1, -0.05) is 36.8 Å². The molecule has 0 aromatic heterocycles. The van der Waals surface area contributed by atoms with Crippen molar-refractivity contribution in [3.8, 4) is 0 Å².